The van der Waals surface area contributed by atoms with Crippen LogP contribution in [0.4, 0.5) is 10.5 Å². The number of imide groups is 2. The standard InChI is InChI=1S/C19H21N3O6/c1-11-5-3-4-6-14(11)21-18(25)17(24)20(19(21)26)10-16(23)13-8-7-12(2)15(9-13)22(27)28/h7-9,11,14H,3-6,10H2,1-2H3/t11-,14-/m1/s1. The Balaban J connectivity index is 1.80. The largest absolute Gasteiger partial charge is 0.334 e. The molecule has 2 aliphatic rings. The first-order chi connectivity index (χ1) is 13.2. The molecule has 1 aliphatic heterocycles. The summed E-state index contributed by atoms with van der Waals surface area (Å²) < 4.78 is 0. The summed E-state index contributed by atoms with van der Waals surface area (Å²) in [5.41, 5.74) is 0.177. The molecule has 2 fully saturated rings. The molecule has 1 saturated heterocycles. The van der Waals surface area contributed by atoms with Gasteiger partial charge in [0, 0.05) is 23.2 Å². The van der Waals surface area contributed by atoms with Crippen molar-refractivity contribution in [1.82, 2.24) is 9.80 Å². The van der Waals surface area contributed by atoms with E-state index in [0.29, 0.717) is 16.9 Å². The highest BCUT2D eigenvalue weighted by molar-refractivity contribution is 6.45. The summed E-state index contributed by atoms with van der Waals surface area (Å²) >= 11 is 0. The molecule has 0 aromatic heterocycles. The van der Waals surface area contributed by atoms with Crippen LogP contribution in [0.5, 0.6) is 0 Å². The summed E-state index contributed by atoms with van der Waals surface area (Å²) in [4.78, 5) is 62.0. The monoisotopic (exact) mass is 387 g/mol. The van der Waals surface area contributed by atoms with Gasteiger partial charge in [-0.3, -0.25) is 29.4 Å². The molecule has 1 aliphatic carbocycles. The van der Waals surface area contributed by atoms with Crippen molar-refractivity contribution in [1.29, 1.82) is 0 Å². The van der Waals surface area contributed by atoms with Crippen LogP contribution in [0, 0.1) is 23.0 Å². The van der Waals surface area contributed by atoms with Crippen LogP contribution in [-0.2, 0) is 9.59 Å². The number of urea groups is 1. The first kappa shape index (κ1) is 19.7. The van der Waals surface area contributed by atoms with Gasteiger partial charge in [-0.1, -0.05) is 31.9 Å². The van der Waals surface area contributed by atoms with Gasteiger partial charge in [-0.25, -0.2) is 9.69 Å². The third-order valence-corrected chi connectivity index (χ3v) is 5.51. The predicted molar refractivity (Wildman–Crippen MR) is 97.5 cm³/mol. The minimum atomic E-state index is -1.03. The fourth-order valence-electron chi connectivity index (χ4n) is 3.85. The summed E-state index contributed by atoms with van der Waals surface area (Å²) in [5.74, 6) is -2.50. The van der Waals surface area contributed by atoms with E-state index in [1.54, 1.807) is 6.92 Å². The molecule has 0 bridgehead atoms. The van der Waals surface area contributed by atoms with E-state index in [1.165, 1.54) is 12.1 Å². The van der Waals surface area contributed by atoms with Gasteiger partial charge in [0.25, 0.3) is 5.69 Å². The number of ketones is 1. The number of benzene rings is 1. The van der Waals surface area contributed by atoms with Gasteiger partial charge in [0.1, 0.15) is 0 Å². The van der Waals surface area contributed by atoms with Crippen molar-refractivity contribution >= 4 is 29.3 Å². The molecule has 0 spiro atoms. The Kier molecular flexibility index (Phi) is 5.26. The Morgan fingerprint density at radius 2 is 1.86 bits per heavy atom. The van der Waals surface area contributed by atoms with E-state index >= 15 is 0 Å². The van der Waals surface area contributed by atoms with E-state index in [2.05, 4.69) is 0 Å². The van der Waals surface area contributed by atoms with Crippen molar-refractivity contribution in [3.05, 3.63) is 39.4 Å². The molecule has 1 aromatic rings. The van der Waals surface area contributed by atoms with E-state index in [4.69, 9.17) is 0 Å². The molecule has 2 atom stereocenters. The second kappa shape index (κ2) is 7.49. The molecule has 0 N–H and O–H groups in total. The summed E-state index contributed by atoms with van der Waals surface area (Å²) in [7, 11) is 0. The van der Waals surface area contributed by atoms with Gasteiger partial charge in [0.15, 0.2) is 5.78 Å². The van der Waals surface area contributed by atoms with Gasteiger partial charge >= 0.3 is 17.8 Å². The lowest BCUT2D eigenvalue weighted by molar-refractivity contribution is -0.385. The van der Waals surface area contributed by atoms with Crippen LogP contribution in [0.2, 0.25) is 0 Å². The van der Waals surface area contributed by atoms with Gasteiger partial charge in [0.05, 0.1) is 11.5 Å². The van der Waals surface area contributed by atoms with Crippen LogP contribution < -0.4 is 0 Å². The maximum absolute atomic E-state index is 12.7. The number of carbonyl (C=O) groups excluding carboxylic acids is 4. The highest BCUT2D eigenvalue weighted by atomic mass is 16.6. The van der Waals surface area contributed by atoms with Crippen LogP contribution in [0.1, 0.15) is 48.5 Å². The zero-order chi connectivity index (χ0) is 20.6. The second-order valence-corrected chi connectivity index (χ2v) is 7.36. The van der Waals surface area contributed by atoms with E-state index in [-0.39, 0.29) is 23.2 Å². The number of nitro benzene ring substituents is 1. The van der Waals surface area contributed by atoms with Crippen LogP contribution >= 0.6 is 0 Å². The van der Waals surface area contributed by atoms with Crippen molar-refractivity contribution < 1.29 is 24.1 Å². The fraction of sp³-hybridized carbons (Fsp3) is 0.474. The topological polar surface area (TPSA) is 118 Å². The molecular weight excluding hydrogens is 366 g/mol. The quantitative estimate of drug-likeness (QED) is 0.252. The normalized spacial score (nSPS) is 22.7. The number of hydrogen-bond donors (Lipinski definition) is 0. The zero-order valence-electron chi connectivity index (χ0n) is 15.7. The van der Waals surface area contributed by atoms with Crippen molar-refractivity contribution in [2.75, 3.05) is 6.54 Å². The molecule has 0 unspecified atom stereocenters. The van der Waals surface area contributed by atoms with Gasteiger partial charge in [-0.2, -0.15) is 0 Å². The Bertz CT molecular complexity index is 880. The maximum Gasteiger partial charge on any atom is 0.334 e. The lowest BCUT2D eigenvalue weighted by Crippen LogP contribution is -2.46. The van der Waals surface area contributed by atoms with Crippen molar-refractivity contribution in [2.45, 2.75) is 45.6 Å². The molecule has 3 rings (SSSR count). The number of carbonyl (C=O) groups is 4. The Hall–Kier alpha value is -3.10. The number of nitrogens with zero attached hydrogens (tertiary/aromatic N) is 3. The molecule has 9 nitrogen and oxygen atoms in total. The summed E-state index contributed by atoms with van der Waals surface area (Å²) in [6.45, 7) is 2.86. The molecule has 1 saturated carbocycles. The Morgan fingerprint density at radius 1 is 1.18 bits per heavy atom. The van der Waals surface area contributed by atoms with Crippen molar-refractivity contribution in [3.63, 3.8) is 0 Å². The van der Waals surface area contributed by atoms with E-state index in [1.807, 2.05) is 6.92 Å². The van der Waals surface area contributed by atoms with Gasteiger partial charge < -0.3 is 0 Å². The highest BCUT2D eigenvalue weighted by Crippen LogP contribution is 2.31. The molecule has 9 heteroatoms. The Morgan fingerprint density at radius 3 is 2.50 bits per heavy atom. The van der Waals surface area contributed by atoms with Crippen LogP contribution in [0.15, 0.2) is 18.2 Å². The zero-order valence-corrected chi connectivity index (χ0v) is 15.7. The van der Waals surface area contributed by atoms with E-state index in [0.717, 1.165) is 30.2 Å². The van der Waals surface area contributed by atoms with Gasteiger partial charge in [0.2, 0.25) is 0 Å². The molecule has 28 heavy (non-hydrogen) atoms. The minimum absolute atomic E-state index is 0.00911. The van der Waals surface area contributed by atoms with Crippen molar-refractivity contribution in [2.24, 2.45) is 5.92 Å². The average Bonchev–Trinajstić information content (AvgIpc) is 2.86. The number of rotatable bonds is 5. The number of aryl methyl sites for hydroxylation is 1. The number of Topliss-reactive ketones (excluding diaryl/α,β-unsaturated/α-hetero) is 1. The predicted octanol–water partition coefficient (Wildman–Crippen LogP) is 2.46. The average molecular weight is 387 g/mol. The van der Waals surface area contributed by atoms with Crippen LogP contribution in [0.3, 0.4) is 0 Å². The van der Waals surface area contributed by atoms with Gasteiger partial charge in [-0.05, 0) is 25.7 Å². The molecule has 4 amide bonds. The lowest BCUT2D eigenvalue weighted by Gasteiger charge is -2.34. The first-order valence-electron chi connectivity index (χ1n) is 9.19. The first-order valence-corrected chi connectivity index (χ1v) is 9.19. The third kappa shape index (κ3) is 3.39. The van der Waals surface area contributed by atoms with Crippen molar-refractivity contribution in [3.8, 4) is 0 Å². The van der Waals surface area contributed by atoms with E-state index in [9.17, 15) is 29.3 Å². The number of amides is 4. The van der Waals surface area contributed by atoms with E-state index < -0.39 is 35.1 Å². The lowest BCUT2D eigenvalue weighted by atomic mass is 9.85. The smallest absolute Gasteiger partial charge is 0.292 e. The molecule has 0 radical (unpaired) electrons. The molecule has 148 valence electrons. The summed E-state index contributed by atoms with van der Waals surface area (Å²) in [6, 6.07) is 2.81. The third-order valence-electron chi connectivity index (χ3n) is 5.51. The Labute approximate surface area is 161 Å². The summed E-state index contributed by atoms with van der Waals surface area (Å²) in [5, 5.41) is 11.1. The highest BCUT2D eigenvalue weighted by Gasteiger charge is 2.49. The minimum Gasteiger partial charge on any atom is -0.292 e. The SMILES string of the molecule is Cc1ccc(C(=O)CN2C(=O)C(=O)N([C@@H]3CCCC[C@H]3C)C2=O)cc1[N+](=O)[O-]. The molecule has 1 heterocycles. The molecule has 1 aromatic carbocycles. The number of hydrogen-bond acceptors (Lipinski definition) is 6. The van der Waals surface area contributed by atoms with Gasteiger partial charge in [-0.15, -0.1) is 0 Å². The number of nitro groups is 1. The molecular formula is C19H21N3O6. The van der Waals surface area contributed by atoms with Crippen LogP contribution in [0.25, 0.3) is 0 Å². The van der Waals surface area contributed by atoms with Crippen LogP contribution in [-0.4, -0.2) is 50.9 Å². The maximum atomic E-state index is 12.7. The summed E-state index contributed by atoms with van der Waals surface area (Å²) in [6.07, 6.45) is 3.38. The second-order valence-electron chi connectivity index (χ2n) is 7.36. The fourth-order valence-corrected chi connectivity index (χ4v) is 3.85.